The van der Waals surface area contributed by atoms with Crippen molar-refractivity contribution in [2.45, 2.75) is 29.7 Å². The Labute approximate surface area is 161 Å². The van der Waals surface area contributed by atoms with E-state index in [-0.39, 0.29) is 0 Å². The number of benzene rings is 2. The molecule has 0 radical (unpaired) electrons. The maximum Gasteiger partial charge on any atom is 0.226 e. The fourth-order valence-electron chi connectivity index (χ4n) is 2.99. The van der Waals surface area contributed by atoms with Crippen LogP contribution < -0.4 is 0 Å². The number of hydrogen-bond acceptors (Lipinski definition) is 5. The van der Waals surface area contributed by atoms with Gasteiger partial charge in [0, 0.05) is 17.0 Å². The number of imidazole rings is 1. The lowest BCUT2D eigenvalue weighted by atomic mass is 10.1. The fraction of sp³-hybridized carbons (Fsp3) is 0.190. The van der Waals surface area contributed by atoms with E-state index in [0.29, 0.717) is 17.6 Å². The summed E-state index contributed by atoms with van der Waals surface area (Å²) in [6.07, 6.45) is 2.32. The molecule has 0 saturated heterocycles. The predicted molar refractivity (Wildman–Crippen MR) is 105 cm³/mol. The average Bonchev–Trinajstić information content (AvgIpc) is 3.31. The van der Waals surface area contributed by atoms with Gasteiger partial charge in [-0.3, -0.25) is 0 Å². The van der Waals surface area contributed by atoms with E-state index in [9.17, 15) is 0 Å². The van der Waals surface area contributed by atoms with Crippen molar-refractivity contribution in [1.82, 2.24) is 20.2 Å². The van der Waals surface area contributed by atoms with Crippen LogP contribution >= 0.6 is 11.8 Å². The monoisotopic (exact) mass is 374 g/mol. The van der Waals surface area contributed by atoms with Gasteiger partial charge in [-0.1, -0.05) is 72.4 Å². The van der Waals surface area contributed by atoms with E-state index in [0.717, 1.165) is 46.4 Å². The van der Waals surface area contributed by atoms with Crippen LogP contribution in [0.15, 0.2) is 70.2 Å². The molecule has 0 aliphatic heterocycles. The first-order valence-electron chi connectivity index (χ1n) is 9.03. The summed E-state index contributed by atoms with van der Waals surface area (Å²) in [6, 6.07) is 20.5. The van der Waals surface area contributed by atoms with Gasteiger partial charge in [-0.15, -0.1) is 10.2 Å². The van der Waals surface area contributed by atoms with E-state index in [1.165, 1.54) is 0 Å². The summed E-state index contributed by atoms with van der Waals surface area (Å²) in [5, 5.41) is 9.15. The van der Waals surface area contributed by atoms with Crippen LogP contribution in [0.1, 0.15) is 30.5 Å². The van der Waals surface area contributed by atoms with Gasteiger partial charge >= 0.3 is 0 Å². The molecule has 0 atom stereocenters. The van der Waals surface area contributed by atoms with Gasteiger partial charge in [-0.05, 0) is 12.8 Å². The SMILES string of the molecule is c1ccc(-c2nc(SCc3nnc(C4CC4)o3)[nH]c2-c2ccccc2)cc1. The van der Waals surface area contributed by atoms with Gasteiger partial charge in [0.05, 0.1) is 17.1 Å². The van der Waals surface area contributed by atoms with E-state index < -0.39 is 0 Å². The number of hydrogen-bond donors (Lipinski definition) is 1. The molecule has 1 aliphatic rings. The molecule has 2 heterocycles. The van der Waals surface area contributed by atoms with Crippen LogP contribution in [0.2, 0.25) is 0 Å². The normalized spacial score (nSPS) is 13.8. The highest BCUT2D eigenvalue weighted by atomic mass is 32.2. The van der Waals surface area contributed by atoms with E-state index in [1.54, 1.807) is 11.8 Å². The fourth-order valence-corrected chi connectivity index (χ4v) is 3.70. The van der Waals surface area contributed by atoms with E-state index in [1.807, 2.05) is 36.4 Å². The molecular formula is C21H18N4OS. The molecule has 1 saturated carbocycles. The smallest absolute Gasteiger partial charge is 0.226 e. The topological polar surface area (TPSA) is 67.6 Å². The molecule has 2 aromatic carbocycles. The van der Waals surface area contributed by atoms with Crippen LogP contribution in [-0.4, -0.2) is 20.2 Å². The third-order valence-corrected chi connectivity index (χ3v) is 5.39. The van der Waals surface area contributed by atoms with Crippen molar-refractivity contribution in [3.63, 3.8) is 0 Å². The zero-order chi connectivity index (χ0) is 18.1. The van der Waals surface area contributed by atoms with Crippen molar-refractivity contribution in [2.24, 2.45) is 0 Å². The summed E-state index contributed by atoms with van der Waals surface area (Å²) >= 11 is 1.58. The van der Waals surface area contributed by atoms with E-state index >= 15 is 0 Å². The number of rotatable bonds is 6. The summed E-state index contributed by atoms with van der Waals surface area (Å²) in [5.41, 5.74) is 4.18. The Morgan fingerprint density at radius 3 is 2.33 bits per heavy atom. The quantitative estimate of drug-likeness (QED) is 0.464. The van der Waals surface area contributed by atoms with Gasteiger partial charge in [0.1, 0.15) is 0 Å². The Kier molecular flexibility index (Phi) is 4.26. The molecule has 0 amide bonds. The standard InChI is InChI=1S/C21H18N4OS/c1-3-7-14(8-4-1)18-19(15-9-5-2-6-10-15)23-21(22-18)27-13-17-24-25-20(26-17)16-11-12-16/h1-10,16H,11-13H2,(H,22,23). The number of nitrogens with zero attached hydrogens (tertiary/aromatic N) is 3. The summed E-state index contributed by atoms with van der Waals surface area (Å²) in [4.78, 5) is 8.31. The van der Waals surface area contributed by atoms with Crippen molar-refractivity contribution in [3.8, 4) is 22.5 Å². The van der Waals surface area contributed by atoms with Gasteiger partial charge in [0.25, 0.3) is 0 Å². The molecule has 1 N–H and O–H groups in total. The molecule has 1 fully saturated rings. The lowest BCUT2D eigenvalue weighted by Crippen LogP contribution is -1.82. The average molecular weight is 374 g/mol. The summed E-state index contributed by atoms with van der Waals surface area (Å²) in [7, 11) is 0. The third kappa shape index (κ3) is 3.53. The second-order valence-corrected chi connectivity index (χ2v) is 7.56. The summed E-state index contributed by atoms with van der Waals surface area (Å²) < 4.78 is 5.75. The van der Waals surface area contributed by atoms with Crippen LogP contribution in [0.3, 0.4) is 0 Å². The number of aromatic amines is 1. The minimum atomic E-state index is 0.481. The van der Waals surface area contributed by atoms with Gasteiger partial charge in [-0.2, -0.15) is 0 Å². The number of thioether (sulfide) groups is 1. The molecule has 4 aromatic rings. The number of aromatic nitrogens is 4. The van der Waals surface area contributed by atoms with Crippen LogP contribution in [0.25, 0.3) is 22.5 Å². The molecule has 0 bridgehead atoms. The second-order valence-electron chi connectivity index (χ2n) is 6.59. The maximum absolute atomic E-state index is 5.75. The minimum Gasteiger partial charge on any atom is -0.424 e. The highest BCUT2D eigenvalue weighted by Crippen LogP contribution is 2.39. The molecule has 6 heteroatoms. The molecule has 0 unspecified atom stereocenters. The molecule has 134 valence electrons. The Balaban J connectivity index is 1.43. The highest BCUT2D eigenvalue weighted by Gasteiger charge is 2.29. The predicted octanol–water partition coefficient (Wildman–Crippen LogP) is 5.30. The van der Waals surface area contributed by atoms with Crippen molar-refractivity contribution < 1.29 is 4.42 Å². The largest absolute Gasteiger partial charge is 0.424 e. The maximum atomic E-state index is 5.75. The van der Waals surface area contributed by atoms with Crippen molar-refractivity contribution in [3.05, 3.63) is 72.4 Å². The zero-order valence-corrected chi connectivity index (χ0v) is 15.4. The molecule has 2 aromatic heterocycles. The summed E-state index contributed by atoms with van der Waals surface area (Å²) in [6.45, 7) is 0. The lowest BCUT2D eigenvalue weighted by Gasteiger charge is -2.02. The Morgan fingerprint density at radius 2 is 1.63 bits per heavy atom. The van der Waals surface area contributed by atoms with E-state index in [2.05, 4.69) is 39.4 Å². The van der Waals surface area contributed by atoms with Crippen molar-refractivity contribution in [2.75, 3.05) is 0 Å². The lowest BCUT2D eigenvalue weighted by molar-refractivity contribution is 0.466. The minimum absolute atomic E-state index is 0.481. The molecule has 5 nitrogen and oxygen atoms in total. The Morgan fingerprint density at radius 1 is 0.926 bits per heavy atom. The van der Waals surface area contributed by atoms with Gasteiger partial charge in [-0.25, -0.2) is 4.98 Å². The number of nitrogens with one attached hydrogen (secondary N) is 1. The molecule has 1 aliphatic carbocycles. The molecule has 0 spiro atoms. The summed E-state index contributed by atoms with van der Waals surface area (Å²) in [5.74, 6) is 2.52. The molecule has 27 heavy (non-hydrogen) atoms. The third-order valence-electron chi connectivity index (χ3n) is 4.53. The van der Waals surface area contributed by atoms with Crippen molar-refractivity contribution >= 4 is 11.8 Å². The number of H-pyrrole nitrogens is 1. The van der Waals surface area contributed by atoms with Gasteiger partial charge in [0.15, 0.2) is 5.16 Å². The van der Waals surface area contributed by atoms with Crippen molar-refractivity contribution in [1.29, 1.82) is 0 Å². The van der Waals surface area contributed by atoms with Gasteiger partial charge in [0.2, 0.25) is 11.8 Å². The van der Waals surface area contributed by atoms with Gasteiger partial charge < -0.3 is 9.40 Å². The Bertz CT molecular complexity index is 982. The van der Waals surface area contributed by atoms with Crippen LogP contribution in [0.4, 0.5) is 0 Å². The first-order chi connectivity index (χ1) is 13.4. The first kappa shape index (κ1) is 16.3. The van der Waals surface area contributed by atoms with Crippen LogP contribution in [0.5, 0.6) is 0 Å². The molecule has 5 rings (SSSR count). The van der Waals surface area contributed by atoms with Crippen LogP contribution in [0, 0.1) is 0 Å². The van der Waals surface area contributed by atoms with Crippen LogP contribution in [-0.2, 0) is 5.75 Å². The zero-order valence-electron chi connectivity index (χ0n) is 14.6. The second kappa shape index (κ2) is 7.04. The van der Waals surface area contributed by atoms with E-state index in [4.69, 9.17) is 9.40 Å². The Hall–Kier alpha value is -2.86. The molecular weight excluding hydrogens is 356 g/mol. The highest BCUT2D eigenvalue weighted by molar-refractivity contribution is 7.98. The first-order valence-corrected chi connectivity index (χ1v) is 10.0.